The van der Waals surface area contributed by atoms with Crippen molar-refractivity contribution in [1.82, 2.24) is 0 Å². The Kier molecular flexibility index (Phi) is 7.87. The van der Waals surface area contributed by atoms with E-state index >= 15 is 0 Å². The SMILES string of the molecule is CC(C)C.CCCC[C@@H](C)C1CCC2C3CCC4CCCCC4(C)C3CCC21C. The van der Waals surface area contributed by atoms with Gasteiger partial charge in [0.1, 0.15) is 0 Å². The minimum atomic E-state index is 0.687. The van der Waals surface area contributed by atoms with Crippen molar-refractivity contribution in [3.63, 3.8) is 0 Å². The van der Waals surface area contributed by atoms with E-state index in [1.165, 1.54) is 32.1 Å². The van der Waals surface area contributed by atoms with Crippen molar-refractivity contribution in [2.24, 2.45) is 52.3 Å². The molecule has 0 heterocycles. The molecule has 0 aliphatic heterocycles. The Morgan fingerprint density at radius 2 is 1.45 bits per heavy atom. The first-order valence-corrected chi connectivity index (χ1v) is 13.7. The lowest BCUT2D eigenvalue weighted by atomic mass is 9.44. The molecule has 7 unspecified atom stereocenters. The number of fused-ring (bicyclic) bond motifs is 5. The standard InChI is InChI=1S/C25H44.C4H10/c1-5-6-9-18(2)21-13-14-22-20-12-11-19-10-7-8-16-24(19,3)23(20)15-17-25(21,22)4;1-4(2)3/h18-23H,5-17H2,1-4H3;4H,1-3H3/t18-,19?,20?,21?,22?,23?,24?,25?;/m1./s1. The van der Waals surface area contributed by atoms with Crippen LogP contribution in [-0.2, 0) is 0 Å². The molecule has 0 heteroatoms. The number of unbranched alkanes of at least 4 members (excludes halogenated alkanes) is 1. The highest BCUT2D eigenvalue weighted by molar-refractivity contribution is 5.09. The third-order valence-electron chi connectivity index (χ3n) is 10.4. The monoisotopic (exact) mass is 402 g/mol. The summed E-state index contributed by atoms with van der Waals surface area (Å²) in [7, 11) is 0. The van der Waals surface area contributed by atoms with E-state index in [1.54, 1.807) is 51.4 Å². The lowest BCUT2D eigenvalue weighted by molar-refractivity contribution is -0.114. The topological polar surface area (TPSA) is 0 Å². The zero-order valence-corrected chi connectivity index (χ0v) is 21.2. The first-order chi connectivity index (χ1) is 13.7. The molecule has 4 saturated carbocycles. The van der Waals surface area contributed by atoms with Gasteiger partial charge in [-0.25, -0.2) is 0 Å². The summed E-state index contributed by atoms with van der Waals surface area (Å²) in [5.74, 6) is 7.14. The molecule has 0 aromatic carbocycles. The molecule has 0 saturated heterocycles. The van der Waals surface area contributed by atoms with Crippen LogP contribution in [0.4, 0.5) is 0 Å². The van der Waals surface area contributed by atoms with Gasteiger partial charge in [-0.05, 0) is 104 Å². The fourth-order valence-electron chi connectivity index (χ4n) is 9.00. The summed E-state index contributed by atoms with van der Waals surface area (Å²) < 4.78 is 0. The minimum absolute atomic E-state index is 0.687. The summed E-state index contributed by atoms with van der Waals surface area (Å²) in [6.07, 6.45) is 19.9. The van der Waals surface area contributed by atoms with Crippen LogP contribution in [0.15, 0.2) is 0 Å². The molecule has 0 aromatic heterocycles. The average molecular weight is 403 g/mol. The van der Waals surface area contributed by atoms with Crippen molar-refractivity contribution in [1.29, 1.82) is 0 Å². The van der Waals surface area contributed by atoms with Gasteiger partial charge < -0.3 is 0 Å². The fourth-order valence-corrected chi connectivity index (χ4v) is 9.00. The van der Waals surface area contributed by atoms with Crippen LogP contribution in [0.2, 0.25) is 0 Å². The van der Waals surface area contributed by atoms with Gasteiger partial charge in [-0.1, -0.05) is 80.6 Å². The molecule has 4 fully saturated rings. The van der Waals surface area contributed by atoms with E-state index in [-0.39, 0.29) is 0 Å². The molecule has 0 aromatic rings. The third-order valence-corrected chi connectivity index (χ3v) is 10.4. The van der Waals surface area contributed by atoms with Crippen LogP contribution < -0.4 is 0 Å². The van der Waals surface area contributed by atoms with Crippen LogP contribution in [0, 0.1) is 52.3 Å². The van der Waals surface area contributed by atoms with E-state index in [1.807, 2.05) is 0 Å². The fraction of sp³-hybridized carbons (Fsp3) is 1.00. The summed E-state index contributed by atoms with van der Waals surface area (Å²) in [5.41, 5.74) is 1.40. The van der Waals surface area contributed by atoms with Crippen molar-refractivity contribution < 1.29 is 0 Å². The summed E-state index contributed by atoms with van der Waals surface area (Å²) >= 11 is 0. The predicted molar refractivity (Wildman–Crippen MR) is 129 cm³/mol. The van der Waals surface area contributed by atoms with E-state index in [0.29, 0.717) is 10.8 Å². The maximum atomic E-state index is 2.74. The van der Waals surface area contributed by atoms with Gasteiger partial charge in [-0.15, -0.1) is 0 Å². The van der Waals surface area contributed by atoms with Gasteiger partial charge in [0.2, 0.25) is 0 Å². The van der Waals surface area contributed by atoms with Crippen LogP contribution in [-0.4, -0.2) is 0 Å². The number of hydrogen-bond donors (Lipinski definition) is 0. The van der Waals surface area contributed by atoms with Gasteiger partial charge in [0.15, 0.2) is 0 Å². The molecule has 8 atom stereocenters. The lowest BCUT2D eigenvalue weighted by Crippen LogP contribution is -2.53. The smallest absolute Gasteiger partial charge is 0.0264 e. The van der Waals surface area contributed by atoms with Gasteiger partial charge in [0.05, 0.1) is 0 Å². The molecule has 4 rings (SSSR count). The molecule has 170 valence electrons. The molecule has 0 spiro atoms. The van der Waals surface area contributed by atoms with Crippen molar-refractivity contribution in [3.8, 4) is 0 Å². The van der Waals surface area contributed by atoms with Crippen molar-refractivity contribution in [3.05, 3.63) is 0 Å². The van der Waals surface area contributed by atoms with Gasteiger partial charge in [-0.3, -0.25) is 0 Å². The summed E-state index contributed by atoms with van der Waals surface area (Å²) in [4.78, 5) is 0. The molecule has 0 nitrogen and oxygen atoms in total. The van der Waals surface area contributed by atoms with E-state index in [0.717, 1.165) is 41.4 Å². The largest absolute Gasteiger partial charge is 0.0654 e. The summed E-state index contributed by atoms with van der Waals surface area (Å²) in [6.45, 7) is 16.9. The van der Waals surface area contributed by atoms with Crippen molar-refractivity contribution in [2.75, 3.05) is 0 Å². The molecule has 4 aliphatic rings. The van der Waals surface area contributed by atoms with Crippen LogP contribution in [0.25, 0.3) is 0 Å². The van der Waals surface area contributed by atoms with Crippen molar-refractivity contribution in [2.45, 2.75) is 132 Å². The molecular formula is C29H54. The Morgan fingerprint density at radius 3 is 2.14 bits per heavy atom. The summed E-state index contributed by atoms with van der Waals surface area (Å²) in [5, 5.41) is 0. The minimum Gasteiger partial charge on any atom is -0.0654 e. The zero-order valence-electron chi connectivity index (χ0n) is 21.2. The maximum absolute atomic E-state index is 2.74. The van der Waals surface area contributed by atoms with Crippen LogP contribution in [0.5, 0.6) is 0 Å². The average Bonchev–Trinajstić information content (AvgIpc) is 3.02. The molecule has 0 N–H and O–H groups in total. The van der Waals surface area contributed by atoms with Crippen LogP contribution in [0.1, 0.15) is 132 Å². The Hall–Kier alpha value is 0. The molecule has 29 heavy (non-hydrogen) atoms. The molecular weight excluding hydrogens is 348 g/mol. The first kappa shape index (κ1) is 23.7. The van der Waals surface area contributed by atoms with Crippen molar-refractivity contribution >= 4 is 0 Å². The number of rotatable bonds is 4. The predicted octanol–water partition coefficient (Wildman–Crippen LogP) is 9.52. The van der Waals surface area contributed by atoms with Gasteiger partial charge in [0.25, 0.3) is 0 Å². The maximum Gasteiger partial charge on any atom is -0.0264 e. The van der Waals surface area contributed by atoms with Gasteiger partial charge in [-0.2, -0.15) is 0 Å². The molecule has 0 amide bonds. The normalized spacial score (nSPS) is 44.9. The highest BCUT2D eigenvalue weighted by Gasteiger charge is 2.59. The highest BCUT2D eigenvalue weighted by atomic mass is 14.6. The van der Waals surface area contributed by atoms with Gasteiger partial charge >= 0.3 is 0 Å². The molecule has 0 radical (unpaired) electrons. The Bertz CT molecular complexity index is 503. The lowest BCUT2D eigenvalue weighted by Gasteiger charge is -2.61. The quantitative estimate of drug-likeness (QED) is 0.439. The first-order valence-electron chi connectivity index (χ1n) is 13.7. The second-order valence-electron chi connectivity index (χ2n) is 13.0. The van der Waals surface area contributed by atoms with E-state index in [2.05, 4.69) is 48.5 Å². The summed E-state index contributed by atoms with van der Waals surface area (Å²) in [6, 6.07) is 0. The molecule has 0 bridgehead atoms. The van der Waals surface area contributed by atoms with E-state index in [9.17, 15) is 0 Å². The zero-order chi connectivity index (χ0) is 21.2. The Balaban J connectivity index is 0.000000552. The van der Waals surface area contributed by atoms with E-state index in [4.69, 9.17) is 0 Å². The van der Waals surface area contributed by atoms with Gasteiger partial charge in [0, 0.05) is 0 Å². The van der Waals surface area contributed by atoms with E-state index < -0.39 is 0 Å². The van der Waals surface area contributed by atoms with Crippen LogP contribution >= 0.6 is 0 Å². The Labute approximate surface area is 184 Å². The third kappa shape index (κ3) is 4.62. The highest BCUT2D eigenvalue weighted by Crippen LogP contribution is 2.68. The number of hydrogen-bond acceptors (Lipinski definition) is 0. The molecule has 4 aliphatic carbocycles. The second-order valence-corrected chi connectivity index (χ2v) is 13.0. The second kappa shape index (κ2) is 9.65. The Morgan fingerprint density at radius 1 is 0.759 bits per heavy atom. The van der Waals surface area contributed by atoms with Crippen LogP contribution in [0.3, 0.4) is 0 Å².